The molecule has 8 nitrogen and oxygen atoms in total. The number of benzene rings is 1. The van der Waals surface area contributed by atoms with E-state index in [-0.39, 0.29) is 17.7 Å². The molecule has 0 bridgehead atoms. The predicted molar refractivity (Wildman–Crippen MR) is 131 cm³/mol. The number of hydrogen-bond acceptors (Lipinski definition) is 5. The summed E-state index contributed by atoms with van der Waals surface area (Å²) in [6, 6.07) is 14.7. The summed E-state index contributed by atoms with van der Waals surface area (Å²) in [5, 5.41) is 4.43. The number of carbonyl (C=O) groups excluding carboxylic acids is 1. The normalized spacial score (nSPS) is 17.1. The van der Waals surface area contributed by atoms with Crippen molar-refractivity contribution < 1.29 is 13.2 Å². The fourth-order valence-corrected chi connectivity index (χ4v) is 5.92. The Labute approximate surface area is 201 Å². The molecule has 1 fully saturated rings. The number of pyridine rings is 1. The molecule has 3 heterocycles. The Balaban J connectivity index is 1.39. The lowest BCUT2D eigenvalue weighted by molar-refractivity contribution is 0.0759. The monoisotopic (exact) mass is 481 g/mol. The van der Waals surface area contributed by atoms with E-state index in [1.807, 2.05) is 50.2 Å². The first-order valence-corrected chi connectivity index (χ1v) is 13.1. The van der Waals surface area contributed by atoms with E-state index in [1.54, 1.807) is 35.0 Å². The van der Waals surface area contributed by atoms with Gasteiger partial charge in [-0.2, -0.15) is 5.10 Å². The van der Waals surface area contributed by atoms with Gasteiger partial charge in [-0.3, -0.25) is 4.79 Å². The fraction of sp³-hybridized carbons (Fsp3) is 0.400. The maximum atomic E-state index is 13.1. The second-order valence-corrected chi connectivity index (χ2v) is 10.9. The van der Waals surface area contributed by atoms with Crippen LogP contribution < -0.4 is 0 Å². The van der Waals surface area contributed by atoms with Crippen LogP contribution in [0.1, 0.15) is 46.6 Å². The molecule has 0 aliphatic carbocycles. The quantitative estimate of drug-likeness (QED) is 0.539. The van der Waals surface area contributed by atoms with Crippen molar-refractivity contribution in [3.8, 4) is 5.82 Å². The minimum Gasteiger partial charge on any atom is -0.339 e. The first-order valence-electron chi connectivity index (χ1n) is 11.5. The molecule has 1 saturated heterocycles. The van der Waals surface area contributed by atoms with Gasteiger partial charge in [-0.1, -0.05) is 30.3 Å². The van der Waals surface area contributed by atoms with Crippen molar-refractivity contribution in [2.24, 2.45) is 0 Å². The van der Waals surface area contributed by atoms with E-state index in [0.717, 1.165) is 29.8 Å². The summed E-state index contributed by atoms with van der Waals surface area (Å²) in [6.07, 6.45) is 3.67. The first kappa shape index (κ1) is 24.1. The summed E-state index contributed by atoms with van der Waals surface area (Å²) in [4.78, 5) is 19.4. The van der Waals surface area contributed by atoms with Crippen LogP contribution in [0.25, 0.3) is 5.82 Å². The number of nitrogens with zero attached hydrogens (tertiary/aromatic N) is 5. The van der Waals surface area contributed by atoms with E-state index < -0.39 is 10.0 Å². The van der Waals surface area contributed by atoms with Crippen LogP contribution in [-0.4, -0.2) is 64.5 Å². The van der Waals surface area contributed by atoms with Crippen LogP contribution in [0.3, 0.4) is 0 Å². The molecule has 34 heavy (non-hydrogen) atoms. The topological polar surface area (TPSA) is 88.4 Å². The number of rotatable bonds is 6. The van der Waals surface area contributed by atoms with E-state index in [4.69, 9.17) is 0 Å². The van der Waals surface area contributed by atoms with Crippen molar-refractivity contribution in [1.29, 1.82) is 0 Å². The van der Waals surface area contributed by atoms with Crippen LogP contribution in [0.15, 0.2) is 54.7 Å². The number of likely N-dealkylation sites (tertiary alicyclic amines) is 1. The number of aryl methyl sites for hydroxylation is 2. The largest absolute Gasteiger partial charge is 0.339 e. The minimum absolute atomic E-state index is 0.0171. The fourth-order valence-electron chi connectivity index (χ4n) is 4.44. The summed E-state index contributed by atoms with van der Waals surface area (Å²) in [7, 11) is -1.79. The van der Waals surface area contributed by atoms with Gasteiger partial charge in [0.15, 0.2) is 5.82 Å². The zero-order valence-corrected chi connectivity index (χ0v) is 20.7. The van der Waals surface area contributed by atoms with Gasteiger partial charge in [0.05, 0.1) is 17.0 Å². The molecule has 1 aromatic carbocycles. The molecule has 1 amide bonds. The van der Waals surface area contributed by atoms with E-state index in [0.29, 0.717) is 30.9 Å². The predicted octanol–water partition coefficient (Wildman–Crippen LogP) is 3.34. The lowest BCUT2D eigenvalue weighted by Crippen LogP contribution is -2.39. The number of carbonyl (C=O) groups is 1. The highest BCUT2D eigenvalue weighted by atomic mass is 32.2. The zero-order chi connectivity index (χ0) is 24.3. The molecule has 0 saturated carbocycles. The van der Waals surface area contributed by atoms with Gasteiger partial charge in [0.1, 0.15) is 0 Å². The number of aromatic nitrogens is 3. The lowest BCUT2D eigenvalue weighted by Gasteiger charge is -2.27. The van der Waals surface area contributed by atoms with Gasteiger partial charge >= 0.3 is 0 Å². The summed E-state index contributed by atoms with van der Waals surface area (Å²) >= 11 is 0. The molecule has 0 unspecified atom stereocenters. The summed E-state index contributed by atoms with van der Waals surface area (Å²) in [5.41, 5.74) is 3.19. The van der Waals surface area contributed by atoms with Gasteiger partial charge in [-0.25, -0.2) is 22.4 Å². The van der Waals surface area contributed by atoms with E-state index >= 15 is 0 Å². The third-order valence-corrected chi connectivity index (χ3v) is 8.22. The Morgan fingerprint density at radius 2 is 1.85 bits per heavy atom. The second kappa shape index (κ2) is 10.1. The van der Waals surface area contributed by atoms with Crippen LogP contribution in [0.4, 0.5) is 0 Å². The van der Waals surface area contributed by atoms with Crippen LogP contribution in [0.2, 0.25) is 0 Å². The standard InChI is InChI=1S/C25H31N5O3S/c1-19-16-20(2)30(27-19)24-12-11-22(17-26-24)25(31)29-14-7-10-23(13-15-29)28(3)34(32,33)18-21-8-5-4-6-9-21/h4-6,8-9,11-12,16-17,23H,7,10,13-15,18H2,1-3H3/t23-/m1/s1. The van der Waals surface area contributed by atoms with Gasteiger partial charge in [-0.15, -0.1) is 0 Å². The van der Waals surface area contributed by atoms with Crippen LogP contribution in [-0.2, 0) is 15.8 Å². The Bertz CT molecular complexity index is 1240. The van der Waals surface area contributed by atoms with Gasteiger partial charge < -0.3 is 4.90 Å². The maximum Gasteiger partial charge on any atom is 0.255 e. The number of amides is 1. The Hall–Kier alpha value is -3.04. The molecule has 3 aromatic rings. The molecule has 0 spiro atoms. The highest BCUT2D eigenvalue weighted by Gasteiger charge is 2.30. The van der Waals surface area contributed by atoms with Gasteiger partial charge in [-0.05, 0) is 56.9 Å². The molecule has 4 rings (SSSR count). The second-order valence-electron chi connectivity index (χ2n) is 8.88. The Morgan fingerprint density at radius 1 is 1.09 bits per heavy atom. The molecule has 180 valence electrons. The van der Waals surface area contributed by atoms with Crippen molar-refractivity contribution in [1.82, 2.24) is 24.0 Å². The smallest absolute Gasteiger partial charge is 0.255 e. The van der Waals surface area contributed by atoms with E-state index in [1.165, 1.54) is 4.31 Å². The first-order chi connectivity index (χ1) is 16.2. The number of sulfonamides is 1. The number of hydrogen-bond donors (Lipinski definition) is 0. The molecule has 1 aliphatic rings. The van der Waals surface area contributed by atoms with Crippen molar-refractivity contribution >= 4 is 15.9 Å². The van der Waals surface area contributed by atoms with Crippen LogP contribution >= 0.6 is 0 Å². The highest BCUT2D eigenvalue weighted by molar-refractivity contribution is 7.88. The van der Waals surface area contributed by atoms with Crippen LogP contribution in [0, 0.1) is 13.8 Å². The third kappa shape index (κ3) is 5.37. The Morgan fingerprint density at radius 3 is 2.50 bits per heavy atom. The third-order valence-electron chi connectivity index (χ3n) is 6.35. The van der Waals surface area contributed by atoms with E-state index in [9.17, 15) is 13.2 Å². The van der Waals surface area contributed by atoms with E-state index in [2.05, 4.69) is 10.1 Å². The molecule has 1 aliphatic heterocycles. The highest BCUT2D eigenvalue weighted by Crippen LogP contribution is 2.22. The average molecular weight is 482 g/mol. The SMILES string of the molecule is Cc1cc(C)n(-c2ccc(C(=O)N3CCC[C@@H](N(C)S(=O)(=O)Cc4ccccc4)CC3)cn2)n1. The minimum atomic E-state index is -3.44. The molecule has 0 radical (unpaired) electrons. The molecular formula is C25H31N5O3S. The summed E-state index contributed by atoms with van der Waals surface area (Å²) < 4.78 is 29.2. The zero-order valence-electron chi connectivity index (χ0n) is 19.9. The van der Waals surface area contributed by atoms with Gasteiger partial charge in [0.25, 0.3) is 5.91 Å². The molecule has 1 atom stereocenters. The molecule has 0 N–H and O–H groups in total. The maximum absolute atomic E-state index is 13.1. The van der Waals surface area contributed by atoms with Crippen LogP contribution in [0.5, 0.6) is 0 Å². The summed E-state index contributed by atoms with van der Waals surface area (Å²) in [6.45, 7) is 5.00. The molecule has 2 aromatic heterocycles. The average Bonchev–Trinajstić information content (AvgIpc) is 3.01. The Kier molecular flexibility index (Phi) is 7.13. The lowest BCUT2D eigenvalue weighted by atomic mass is 10.1. The van der Waals surface area contributed by atoms with Gasteiger partial charge in [0.2, 0.25) is 10.0 Å². The van der Waals surface area contributed by atoms with Crippen molar-refractivity contribution in [3.05, 3.63) is 77.2 Å². The van der Waals surface area contributed by atoms with Crippen molar-refractivity contribution in [2.45, 2.75) is 44.9 Å². The molecular weight excluding hydrogens is 450 g/mol. The van der Waals surface area contributed by atoms with Gasteiger partial charge in [0, 0.05) is 38.1 Å². The van der Waals surface area contributed by atoms with Crippen molar-refractivity contribution in [3.63, 3.8) is 0 Å². The van der Waals surface area contributed by atoms with Crippen molar-refractivity contribution in [2.75, 3.05) is 20.1 Å². The summed E-state index contributed by atoms with van der Waals surface area (Å²) in [5.74, 6) is 0.572. The molecule has 9 heteroatoms.